The number of nitro groups is 1. The van der Waals surface area contributed by atoms with Gasteiger partial charge in [-0.15, -0.1) is 0 Å². The summed E-state index contributed by atoms with van der Waals surface area (Å²) < 4.78 is 4.94. The summed E-state index contributed by atoms with van der Waals surface area (Å²) in [6, 6.07) is -1.12. The van der Waals surface area contributed by atoms with E-state index in [2.05, 4.69) is 0 Å². The number of carbonyl (C=O) groups excluding carboxylic acids is 2. The number of aliphatic hydroxyl groups is 1. The number of esters is 1. The van der Waals surface area contributed by atoms with Gasteiger partial charge in [0.15, 0.2) is 0 Å². The first-order valence-corrected chi connectivity index (χ1v) is 6.95. The molecule has 2 aliphatic rings. The van der Waals surface area contributed by atoms with Crippen LogP contribution >= 0.6 is 0 Å². The molecule has 0 radical (unpaired) electrons. The van der Waals surface area contributed by atoms with Crippen molar-refractivity contribution in [2.75, 3.05) is 6.61 Å². The van der Waals surface area contributed by atoms with Crippen molar-refractivity contribution in [1.82, 2.24) is 0 Å². The number of carbonyl (C=O) groups is 2. The summed E-state index contributed by atoms with van der Waals surface area (Å²) >= 11 is 0. The molecule has 0 heterocycles. The molecule has 2 fully saturated rings. The number of rotatable bonds is 3. The Kier molecular flexibility index (Phi) is 4.08. The van der Waals surface area contributed by atoms with Crippen molar-refractivity contribution in [3.63, 3.8) is 0 Å². The van der Waals surface area contributed by atoms with Gasteiger partial charge in [-0.3, -0.25) is 19.7 Å². The summed E-state index contributed by atoms with van der Waals surface area (Å²) in [6.45, 7) is 1.96. The molecule has 2 rings (SSSR count). The Labute approximate surface area is 116 Å². The van der Waals surface area contributed by atoms with Gasteiger partial charge in [0.05, 0.1) is 18.4 Å². The average Bonchev–Trinajstić information content (AvgIpc) is 2.38. The van der Waals surface area contributed by atoms with Crippen molar-refractivity contribution in [2.24, 2.45) is 11.8 Å². The summed E-state index contributed by atoms with van der Waals surface area (Å²) in [4.78, 5) is 34.3. The quantitative estimate of drug-likeness (QED) is 0.465. The lowest BCUT2D eigenvalue weighted by Gasteiger charge is -2.44. The van der Waals surface area contributed by atoms with Gasteiger partial charge in [0.1, 0.15) is 11.4 Å². The number of nitrogens with zero attached hydrogens (tertiary/aromatic N) is 1. The second kappa shape index (κ2) is 5.47. The van der Waals surface area contributed by atoms with Crippen LogP contribution < -0.4 is 0 Å². The van der Waals surface area contributed by atoms with Crippen LogP contribution in [-0.4, -0.2) is 40.0 Å². The monoisotopic (exact) mass is 285 g/mol. The maximum atomic E-state index is 12.0. The fraction of sp³-hybridized carbons (Fsp3) is 0.846. The van der Waals surface area contributed by atoms with Gasteiger partial charge in [-0.05, 0) is 26.2 Å². The standard InChI is InChI=1S/C13H19NO6/c1-2-20-12(16)8-5-6-13(17)9(7-8)10(15)3-4-11(13)14(18)19/h8-9,11,17H,2-7H2,1H3. The molecule has 0 amide bonds. The largest absolute Gasteiger partial charge is 0.466 e. The van der Waals surface area contributed by atoms with E-state index in [1.165, 1.54) is 0 Å². The van der Waals surface area contributed by atoms with Gasteiger partial charge in [-0.25, -0.2) is 0 Å². The van der Waals surface area contributed by atoms with Crippen LogP contribution in [0, 0.1) is 22.0 Å². The predicted octanol–water partition coefficient (Wildman–Crippen LogP) is 0.705. The third-order valence-corrected chi connectivity index (χ3v) is 4.52. The van der Waals surface area contributed by atoms with E-state index in [4.69, 9.17) is 4.74 Å². The van der Waals surface area contributed by atoms with Crippen molar-refractivity contribution >= 4 is 11.8 Å². The molecule has 0 bridgehead atoms. The highest BCUT2D eigenvalue weighted by Crippen LogP contribution is 2.45. The van der Waals surface area contributed by atoms with Crippen LogP contribution in [0.15, 0.2) is 0 Å². The van der Waals surface area contributed by atoms with E-state index in [0.717, 1.165) is 0 Å². The fourth-order valence-corrected chi connectivity index (χ4v) is 3.46. The summed E-state index contributed by atoms with van der Waals surface area (Å²) in [6.07, 6.45) is 0.734. The minimum atomic E-state index is -1.61. The maximum absolute atomic E-state index is 12.0. The summed E-state index contributed by atoms with van der Waals surface area (Å²) in [7, 11) is 0. The molecule has 7 nitrogen and oxygen atoms in total. The van der Waals surface area contributed by atoms with Crippen molar-refractivity contribution in [1.29, 1.82) is 0 Å². The van der Waals surface area contributed by atoms with E-state index >= 15 is 0 Å². The Morgan fingerprint density at radius 2 is 2.25 bits per heavy atom. The molecule has 4 unspecified atom stereocenters. The molecule has 7 heteroatoms. The summed E-state index contributed by atoms with van der Waals surface area (Å²) in [5.41, 5.74) is -1.61. The molecule has 0 aromatic heterocycles. The first-order valence-electron chi connectivity index (χ1n) is 6.95. The molecular weight excluding hydrogens is 266 g/mol. The van der Waals surface area contributed by atoms with Crippen LogP contribution in [0.2, 0.25) is 0 Å². The van der Waals surface area contributed by atoms with E-state index in [9.17, 15) is 24.8 Å². The minimum absolute atomic E-state index is 0.0723. The average molecular weight is 285 g/mol. The number of hydrogen-bond acceptors (Lipinski definition) is 6. The van der Waals surface area contributed by atoms with E-state index in [1.807, 2.05) is 0 Å². The number of Topliss-reactive ketones (excluding diaryl/α,β-unsaturated/α-hetero) is 1. The topological polar surface area (TPSA) is 107 Å². The second-order valence-electron chi connectivity index (χ2n) is 5.57. The molecule has 0 aliphatic heterocycles. The van der Waals surface area contributed by atoms with Crippen LogP contribution in [0.3, 0.4) is 0 Å². The first kappa shape index (κ1) is 14.9. The predicted molar refractivity (Wildman–Crippen MR) is 67.4 cm³/mol. The third-order valence-electron chi connectivity index (χ3n) is 4.52. The first-order chi connectivity index (χ1) is 9.40. The van der Waals surface area contributed by atoms with E-state index in [1.54, 1.807) is 6.92 Å². The highest BCUT2D eigenvalue weighted by molar-refractivity contribution is 5.84. The SMILES string of the molecule is CCOC(=O)C1CCC2(O)C(C1)C(=O)CCC2[N+](=O)[O-]. The molecule has 2 aliphatic carbocycles. The van der Waals surface area contributed by atoms with Crippen LogP contribution in [0.1, 0.15) is 39.0 Å². The number of ether oxygens (including phenoxy) is 1. The van der Waals surface area contributed by atoms with Crippen molar-refractivity contribution in [2.45, 2.75) is 50.7 Å². The molecule has 20 heavy (non-hydrogen) atoms. The molecule has 0 aromatic rings. The number of ketones is 1. The highest BCUT2D eigenvalue weighted by Gasteiger charge is 2.59. The van der Waals surface area contributed by atoms with Gasteiger partial charge < -0.3 is 9.84 Å². The van der Waals surface area contributed by atoms with Gasteiger partial charge >= 0.3 is 5.97 Å². The van der Waals surface area contributed by atoms with Crippen molar-refractivity contribution in [3.8, 4) is 0 Å². The minimum Gasteiger partial charge on any atom is -0.466 e. The normalized spacial score (nSPS) is 37.1. The highest BCUT2D eigenvalue weighted by atomic mass is 16.6. The van der Waals surface area contributed by atoms with Gasteiger partial charge in [0, 0.05) is 17.8 Å². The van der Waals surface area contributed by atoms with E-state index in [-0.39, 0.29) is 44.0 Å². The summed E-state index contributed by atoms with van der Waals surface area (Å²) in [5, 5.41) is 21.7. The summed E-state index contributed by atoms with van der Waals surface area (Å²) in [5.74, 6) is -1.84. The maximum Gasteiger partial charge on any atom is 0.308 e. The van der Waals surface area contributed by atoms with Gasteiger partial charge in [0.25, 0.3) is 0 Å². The third kappa shape index (κ3) is 2.42. The van der Waals surface area contributed by atoms with Gasteiger partial charge in [-0.2, -0.15) is 0 Å². The Balaban J connectivity index is 2.19. The Morgan fingerprint density at radius 3 is 2.85 bits per heavy atom. The van der Waals surface area contributed by atoms with Crippen LogP contribution in [0.5, 0.6) is 0 Å². The Morgan fingerprint density at radius 1 is 1.55 bits per heavy atom. The van der Waals surface area contributed by atoms with Crippen LogP contribution in [0.25, 0.3) is 0 Å². The molecule has 4 atom stereocenters. The van der Waals surface area contributed by atoms with Crippen LogP contribution in [0.4, 0.5) is 0 Å². The molecule has 112 valence electrons. The number of fused-ring (bicyclic) bond motifs is 1. The lowest BCUT2D eigenvalue weighted by molar-refractivity contribution is -0.552. The van der Waals surface area contributed by atoms with E-state index < -0.39 is 28.4 Å². The molecule has 0 saturated heterocycles. The van der Waals surface area contributed by atoms with Gasteiger partial charge in [0.2, 0.25) is 6.04 Å². The fourth-order valence-electron chi connectivity index (χ4n) is 3.46. The zero-order valence-electron chi connectivity index (χ0n) is 11.4. The van der Waals surface area contributed by atoms with Crippen molar-refractivity contribution in [3.05, 3.63) is 10.1 Å². The van der Waals surface area contributed by atoms with E-state index in [0.29, 0.717) is 6.42 Å². The Bertz CT molecular complexity index is 437. The smallest absolute Gasteiger partial charge is 0.308 e. The molecule has 1 N–H and O–H groups in total. The van der Waals surface area contributed by atoms with Crippen LogP contribution in [-0.2, 0) is 14.3 Å². The molecule has 2 saturated carbocycles. The van der Waals surface area contributed by atoms with Crippen molar-refractivity contribution < 1.29 is 24.4 Å². The second-order valence-corrected chi connectivity index (χ2v) is 5.57. The van der Waals surface area contributed by atoms with Gasteiger partial charge in [-0.1, -0.05) is 0 Å². The lowest BCUT2D eigenvalue weighted by Crippen LogP contribution is -2.60. The lowest BCUT2D eigenvalue weighted by atomic mass is 9.62. The zero-order chi connectivity index (χ0) is 14.9. The Hall–Kier alpha value is -1.50. The zero-order valence-corrected chi connectivity index (χ0v) is 11.4. The number of hydrogen-bond donors (Lipinski definition) is 1. The molecule has 0 aromatic carbocycles. The molecular formula is C13H19NO6. The molecule has 0 spiro atoms.